The number of hydrogen-bond donors (Lipinski definition) is 2. The smallest absolute Gasteiger partial charge is 0.405 e. The fraction of sp³-hybridized carbons (Fsp3) is 0.353. The first-order chi connectivity index (χ1) is 22.5. The Morgan fingerprint density at radius 1 is 0.792 bits per heavy atom. The van der Waals surface area contributed by atoms with E-state index in [1.165, 1.54) is 32.0 Å². The molecule has 0 aliphatic carbocycles. The van der Waals surface area contributed by atoms with E-state index in [-0.39, 0.29) is 28.6 Å². The van der Waals surface area contributed by atoms with Crippen LogP contribution in [0.2, 0.25) is 10.0 Å². The van der Waals surface area contributed by atoms with Crippen molar-refractivity contribution in [3.8, 4) is 5.75 Å². The van der Waals surface area contributed by atoms with Gasteiger partial charge in [0.1, 0.15) is 12.3 Å². The molecule has 0 aliphatic heterocycles. The topological polar surface area (TPSA) is 102 Å². The molecular weight excluding hydrogens is 682 g/mol. The number of benzene rings is 3. The van der Waals surface area contributed by atoms with Crippen molar-refractivity contribution in [3.05, 3.63) is 100 Å². The molecule has 14 heteroatoms. The molecule has 0 spiro atoms. The summed E-state index contributed by atoms with van der Waals surface area (Å²) in [5.41, 5.74) is 1.29. The van der Waals surface area contributed by atoms with Crippen LogP contribution in [0.4, 0.5) is 22.0 Å². The molecule has 3 aromatic carbocycles. The average molecular weight is 716 g/mol. The normalized spacial score (nSPS) is 13.7. The molecule has 48 heavy (non-hydrogen) atoms. The molecule has 0 saturated carbocycles. The van der Waals surface area contributed by atoms with Crippen molar-refractivity contribution in [1.29, 1.82) is 0 Å². The zero-order valence-electron chi connectivity index (χ0n) is 25.8. The Morgan fingerprint density at radius 3 is 1.81 bits per heavy atom. The van der Waals surface area contributed by atoms with E-state index < -0.39 is 72.4 Å². The second kappa shape index (κ2) is 16.9. The van der Waals surface area contributed by atoms with Crippen LogP contribution in [-0.4, -0.2) is 54.2 Å². The lowest BCUT2D eigenvalue weighted by Gasteiger charge is -2.27. The van der Waals surface area contributed by atoms with E-state index in [1.54, 1.807) is 60.7 Å². The van der Waals surface area contributed by atoms with E-state index in [1.807, 2.05) is 0 Å². The third kappa shape index (κ3) is 11.6. The number of alkyl halides is 5. The van der Waals surface area contributed by atoms with Crippen LogP contribution in [0.5, 0.6) is 5.75 Å². The van der Waals surface area contributed by atoms with Gasteiger partial charge in [0.2, 0.25) is 5.78 Å². The van der Waals surface area contributed by atoms with Crippen molar-refractivity contribution in [2.45, 2.75) is 57.4 Å². The molecule has 0 radical (unpaired) electrons. The van der Waals surface area contributed by atoms with Gasteiger partial charge in [-0.05, 0) is 41.7 Å². The molecule has 0 heterocycles. The van der Waals surface area contributed by atoms with Gasteiger partial charge in [-0.3, -0.25) is 19.2 Å². The van der Waals surface area contributed by atoms with Crippen LogP contribution in [0.25, 0.3) is 0 Å². The van der Waals surface area contributed by atoms with Crippen LogP contribution in [0.1, 0.15) is 31.4 Å². The summed E-state index contributed by atoms with van der Waals surface area (Å²) in [5.74, 6) is -13.4. The van der Waals surface area contributed by atoms with Gasteiger partial charge >= 0.3 is 12.1 Å². The third-order valence-corrected chi connectivity index (χ3v) is 7.70. The van der Waals surface area contributed by atoms with Crippen molar-refractivity contribution >= 4 is 46.6 Å². The predicted octanol–water partition coefficient (Wildman–Crippen LogP) is 6.83. The van der Waals surface area contributed by atoms with Gasteiger partial charge in [0, 0.05) is 28.8 Å². The minimum Gasteiger partial charge on any atom is -0.480 e. The molecule has 3 rings (SSSR count). The Labute approximate surface area is 284 Å². The first kappa shape index (κ1) is 38.4. The van der Waals surface area contributed by atoms with Crippen molar-refractivity contribution in [3.63, 3.8) is 0 Å². The van der Waals surface area contributed by atoms with Crippen LogP contribution in [0, 0.1) is 11.8 Å². The highest BCUT2D eigenvalue weighted by molar-refractivity contribution is 6.34. The van der Waals surface area contributed by atoms with E-state index in [9.17, 15) is 41.1 Å². The monoisotopic (exact) mass is 714 g/mol. The molecule has 7 nitrogen and oxygen atoms in total. The zero-order chi connectivity index (χ0) is 35.6. The highest BCUT2D eigenvalue weighted by Gasteiger charge is 2.51. The molecule has 3 aromatic rings. The van der Waals surface area contributed by atoms with Gasteiger partial charge in [-0.25, -0.2) is 0 Å². The minimum atomic E-state index is -4.99. The van der Waals surface area contributed by atoms with Gasteiger partial charge in [0.25, 0.3) is 11.8 Å². The van der Waals surface area contributed by atoms with E-state index in [0.717, 1.165) is 5.32 Å². The van der Waals surface area contributed by atoms with Gasteiger partial charge in [0.05, 0.1) is 6.04 Å². The Bertz CT molecular complexity index is 1550. The molecule has 0 unspecified atom stereocenters. The third-order valence-electron chi connectivity index (χ3n) is 7.27. The fourth-order valence-electron chi connectivity index (χ4n) is 4.76. The molecule has 0 bridgehead atoms. The van der Waals surface area contributed by atoms with E-state index in [4.69, 9.17) is 27.9 Å². The number of halogens is 7. The molecular formula is C34H33Cl2F5N2O5. The second-order valence-electron chi connectivity index (χ2n) is 11.4. The van der Waals surface area contributed by atoms with Gasteiger partial charge in [-0.1, -0.05) is 97.7 Å². The van der Waals surface area contributed by atoms with E-state index in [0.29, 0.717) is 11.1 Å². The Balaban J connectivity index is 1.90. The Morgan fingerprint density at radius 2 is 1.31 bits per heavy atom. The molecule has 2 amide bonds. The van der Waals surface area contributed by atoms with Crippen LogP contribution in [0.15, 0.2) is 78.9 Å². The fourth-order valence-corrected chi connectivity index (χ4v) is 5.27. The summed E-state index contributed by atoms with van der Waals surface area (Å²) < 4.78 is 73.2. The number of ketones is 2. The van der Waals surface area contributed by atoms with Crippen molar-refractivity contribution in [1.82, 2.24) is 10.6 Å². The van der Waals surface area contributed by atoms with Gasteiger partial charge in [0.15, 0.2) is 11.9 Å². The Kier molecular flexibility index (Phi) is 13.5. The standard InChI is InChI=1S/C34H33Cl2F5N2O5/c1-20(2)26(30(45)34(40,41)32(47)42-19-33(37,38)39)18-28(44)27(13-21-9-5-3-6-10-21)43-31(46)29(14-22-11-7-4-8-12-22)48-25-16-23(35)15-24(36)17-25/h3-12,15-17,20,26-27,29H,13-14,18-19H2,1-2H3,(H,42,47)(H,43,46)/t26-,27-,29+/m0/s1. The number of amides is 2. The van der Waals surface area contributed by atoms with Crippen LogP contribution < -0.4 is 15.4 Å². The molecule has 0 saturated heterocycles. The van der Waals surface area contributed by atoms with Gasteiger partial charge in [-0.2, -0.15) is 22.0 Å². The first-order valence-corrected chi connectivity index (χ1v) is 15.5. The summed E-state index contributed by atoms with van der Waals surface area (Å²) in [6.45, 7) is 0.632. The SMILES string of the molecule is CC(C)[C@H](CC(=O)[C@H](Cc1ccccc1)NC(=O)[C@@H](Cc1ccccc1)Oc1cc(Cl)cc(Cl)c1)C(=O)C(F)(F)C(=O)NCC(F)(F)F. The van der Waals surface area contributed by atoms with Gasteiger partial charge < -0.3 is 15.4 Å². The molecule has 0 aliphatic rings. The highest BCUT2D eigenvalue weighted by atomic mass is 35.5. The first-order valence-electron chi connectivity index (χ1n) is 14.8. The van der Waals surface area contributed by atoms with Crippen LogP contribution in [0.3, 0.4) is 0 Å². The highest BCUT2D eigenvalue weighted by Crippen LogP contribution is 2.29. The van der Waals surface area contributed by atoms with Crippen molar-refractivity contribution in [2.24, 2.45) is 11.8 Å². The van der Waals surface area contributed by atoms with Crippen molar-refractivity contribution < 1.29 is 45.9 Å². The van der Waals surface area contributed by atoms with Crippen LogP contribution in [-0.2, 0) is 32.0 Å². The second-order valence-corrected chi connectivity index (χ2v) is 12.3. The number of carbonyl (C=O) groups excluding carboxylic acids is 4. The number of nitrogens with one attached hydrogen (secondary N) is 2. The number of hydrogen-bond acceptors (Lipinski definition) is 5. The minimum absolute atomic E-state index is 0.0371. The lowest BCUT2D eigenvalue weighted by Crippen LogP contribution is -2.52. The number of ether oxygens (including phenoxy) is 1. The summed E-state index contributed by atoms with van der Waals surface area (Å²) in [6, 6.07) is 20.2. The maximum atomic E-state index is 14.8. The number of rotatable bonds is 16. The number of carbonyl (C=O) groups is 4. The lowest BCUT2D eigenvalue weighted by atomic mass is 9.82. The lowest BCUT2D eigenvalue weighted by molar-refractivity contribution is -0.167. The summed E-state index contributed by atoms with van der Waals surface area (Å²) in [5, 5.41) is 4.13. The molecule has 258 valence electrons. The number of Topliss-reactive ketones (excluding diaryl/α,β-unsaturated/α-hetero) is 2. The summed E-state index contributed by atoms with van der Waals surface area (Å²) in [7, 11) is 0. The largest absolute Gasteiger partial charge is 0.480 e. The van der Waals surface area contributed by atoms with Gasteiger partial charge in [-0.15, -0.1) is 0 Å². The maximum Gasteiger partial charge on any atom is 0.405 e. The summed E-state index contributed by atoms with van der Waals surface area (Å²) in [4.78, 5) is 52.4. The molecule has 3 atom stereocenters. The molecule has 0 aromatic heterocycles. The molecule has 0 fully saturated rings. The summed E-state index contributed by atoms with van der Waals surface area (Å²) in [6.07, 6.45) is -7.14. The Hall–Kier alpha value is -4.03. The van der Waals surface area contributed by atoms with E-state index in [2.05, 4.69) is 5.32 Å². The van der Waals surface area contributed by atoms with E-state index >= 15 is 0 Å². The quantitative estimate of drug-likeness (QED) is 0.125. The zero-order valence-corrected chi connectivity index (χ0v) is 27.3. The summed E-state index contributed by atoms with van der Waals surface area (Å²) >= 11 is 12.2. The van der Waals surface area contributed by atoms with Crippen molar-refractivity contribution in [2.75, 3.05) is 6.54 Å². The van der Waals surface area contributed by atoms with Crippen LogP contribution >= 0.6 is 23.2 Å². The molecule has 2 N–H and O–H groups in total. The average Bonchev–Trinajstić information content (AvgIpc) is 3.01. The predicted molar refractivity (Wildman–Crippen MR) is 170 cm³/mol. The maximum absolute atomic E-state index is 14.8.